The Bertz CT molecular complexity index is 927. The predicted octanol–water partition coefficient (Wildman–Crippen LogP) is 2.70. The lowest BCUT2D eigenvalue weighted by Gasteiger charge is -2.25. The summed E-state index contributed by atoms with van der Waals surface area (Å²) in [5.41, 5.74) is 6.92. The standard InChI is InChI=1S/C19H19N3O5/c1-11-9-13-5-3-4-6-16(13)21(11)18(23)12(2)27-19(24)14-7-8-15(20)17(10-14)22(25)26/h3-8,10-12H,9,20H2,1-2H3/t11-,12-/m0/s1. The molecule has 0 radical (unpaired) electrons. The number of nitrogens with two attached hydrogens (primary N) is 1. The molecule has 2 atom stereocenters. The molecule has 0 unspecified atom stereocenters. The van der Waals surface area contributed by atoms with Gasteiger partial charge in [0.2, 0.25) is 0 Å². The molecular weight excluding hydrogens is 350 g/mol. The van der Waals surface area contributed by atoms with Gasteiger partial charge < -0.3 is 15.4 Å². The van der Waals surface area contributed by atoms with E-state index < -0.39 is 17.0 Å². The van der Waals surface area contributed by atoms with E-state index in [1.54, 1.807) is 4.90 Å². The molecule has 0 aliphatic carbocycles. The van der Waals surface area contributed by atoms with Crippen LogP contribution in [0.5, 0.6) is 0 Å². The number of para-hydroxylation sites is 1. The Morgan fingerprint density at radius 2 is 2.00 bits per heavy atom. The topological polar surface area (TPSA) is 116 Å². The van der Waals surface area contributed by atoms with Crippen LogP contribution in [0.1, 0.15) is 29.8 Å². The Hall–Kier alpha value is -3.42. The quantitative estimate of drug-likeness (QED) is 0.383. The molecule has 3 rings (SSSR count). The number of nitrogen functional groups attached to an aromatic ring is 1. The Kier molecular flexibility index (Phi) is 4.81. The molecule has 0 saturated carbocycles. The van der Waals surface area contributed by atoms with Crippen LogP contribution in [0.4, 0.5) is 17.1 Å². The number of benzene rings is 2. The Labute approximate surface area is 155 Å². The highest BCUT2D eigenvalue weighted by molar-refractivity contribution is 6.01. The third-order valence-corrected chi connectivity index (χ3v) is 4.54. The molecule has 2 aromatic carbocycles. The van der Waals surface area contributed by atoms with Crippen LogP contribution >= 0.6 is 0 Å². The lowest BCUT2D eigenvalue weighted by Crippen LogP contribution is -2.43. The fourth-order valence-corrected chi connectivity index (χ4v) is 3.20. The van der Waals surface area contributed by atoms with E-state index in [9.17, 15) is 19.7 Å². The van der Waals surface area contributed by atoms with Gasteiger partial charge in [0.05, 0.1) is 10.5 Å². The summed E-state index contributed by atoms with van der Waals surface area (Å²) in [7, 11) is 0. The van der Waals surface area contributed by atoms with E-state index >= 15 is 0 Å². The first kappa shape index (κ1) is 18.4. The number of esters is 1. The number of rotatable bonds is 4. The number of anilines is 2. The third kappa shape index (κ3) is 3.46. The van der Waals surface area contributed by atoms with Crippen molar-refractivity contribution in [3.05, 3.63) is 63.7 Å². The second-order valence-electron chi connectivity index (χ2n) is 6.47. The van der Waals surface area contributed by atoms with Gasteiger partial charge in [0.15, 0.2) is 6.10 Å². The van der Waals surface area contributed by atoms with Crippen molar-refractivity contribution in [1.82, 2.24) is 0 Å². The van der Waals surface area contributed by atoms with Crippen LogP contribution < -0.4 is 10.6 Å². The molecule has 8 heteroatoms. The summed E-state index contributed by atoms with van der Waals surface area (Å²) in [4.78, 5) is 37.1. The van der Waals surface area contributed by atoms with E-state index in [-0.39, 0.29) is 28.9 Å². The van der Waals surface area contributed by atoms with Crippen molar-refractivity contribution in [3.63, 3.8) is 0 Å². The van der Waals surface area contributed by atoms with Crippen LogP contribution in [-0.4, -0.2) is 28.9 Å². The third-order valence-electron chi connectivity index (χ3n) is 4.54. The summed E-state index contributed by atoms with van der Waals surface area (Å²) in [6.07, 6.45) is -0.310. The summed E-state index contributed by atoms with van der Waals surface area (Å²) in [5.74, 6) is -1.16. The number of carbonyl (C=O) groups excluding carboxylic acids is 2. The first-order valence-corrected chi connectivity index (χ1v) is 8.45. The highest BCUT2D eigenvalue weighted by Gasteiger charge is 2.34. The number of hydrogen-bond acceptors (Lipinski definition) is 6. The molecule has 140 valence electrons. The van der Waals surface area contributed by atoms with Crippen LogP contribution in [0.2, 0.25) is 0 Å². The minimum atomic E-state index is -1.04. The number of nitro benzene ring substituents is 1. The second-order valence-corrected chi connectivity index (χ2v) is 6.47. The summed E-state index contributed by atoms with van der Waals surface area (Å²) >= 11 is 0. The molecule has 1 aliphatic heterocycles. The van der Waals surface area contributed by atoms with Gasteiger partial charge >= 0.3 is 5.97 Å². The molecular formula is C19H19N3O5. The molecule has 8 nitrogen and oxygen atoms in total. The fourth-order valence-electron chi connectivity index (χ4n) is 3.20. The lowest BCUT2D eigenvalue weighted by atomic mass is 10.1. The van der Waals surface area contributed by atoms with Crippen LogP contribution in [0.3, 0.4) is 0 Å². The Morgan fingerprint density at radius 3 is 2.70 bits per heavy atom. The van der Waals surface area contributed by atoms with E-state index in [0.717, 1.165) is 23.7 Å². The molecule has 2 N–H and O–H groups in total. The summed E-state index contributed by atoms with van der Waals surface area (Å²) in [6, 6.07) is 11.2. The van der Waals surface area contributed by atoms with E-state index in [1.165, 1.54) is 19.1 Å². The van der Waals surface area contributed by atoms with Crippen molar-refractivity contribution in [2.24, 2.45) is 0 Å². The molecule has 0 saturated heterocycles. The van der Waals surface area contributed by atoms with Gasteiger partial charge in [-0.15, -0.1) is 0 Å². The zero-order valence-corrected chi connectivity index (χ0v) is 14.9. The number of nitrogens with zero attached hydrogens (tertiary/aromatic N) is 2. The zero-order valence-electron chi connectivity index (χ0n) is 14.9. The minimum Gasteiger partial charge on any atom is -0.449 e. The summed E-state index contributed by atoms with van der Waals surface area (Å²) < 4.78 is 5.26. The van der Waals surface area contributed by atoms with E-state index in [1.807, 2.05) is 31.2 Å². The maximum Gasteiger partial charge on any atom is 0.339 e. The van der Waals surface area contributed by atoms with Crippen LogP contribution in [0.15, 0.2) is 42.5 Å². The summed E-state index contributed by atoms with van der Waals surface area (Å²) in [6.45, 7) is 3.41. The Morgan fingerprint density at radius 1 is 1.30 bits per heavy atom. The first-order chi connectivity index (χ1) is 12.8. The molecule has 1 heterocycles. The van der Waals surface area contributed by atoms with Gasteiger partial charge in [-0.25, -0.2) is 4.79 Å². The molecule has 0 bridgehead atoms. The molecule has 27 heavy (non-hydrogen) atoms. The van der Waals surface area contributed by atoms with Crippen LogP contribution in [0.25, 0.3) is 0 Å². The molecule has 1 amide bonds. The number of carbonyl (C=O) groups is 2. The molecule has 2 aromatic rings. The Balaban J connectivity index is 1.76. The largest absolute Gasteiger partial charge is 0.449 e. The number of nitro groups is 1. The van der Waals surface area contributed by atoms with Crippen LogP contribution in [0, 0.1) is 10.1 Å². The smallest absolute Gasteiger partial charge is 0.339 e. The molecule has 0 spiro atoms. The number of fused-ring (bicyclic) bond motifs is 1. The predicted molar refractivity (Wildman–Crippen MR) is 99.5 cm³/mol. The molecule has 0 fully saturated rings. The van der Waals surface area contributed by atoms with Crippen molar-refractivity contribution in [1.29, 1.82) is 0 Å². The van der Waals surface area contributed by atoms with Gasteiger partial charge in [0.1, 0.15) is 5.69 Å². The van der Waals surface area contributed by atoms with Crippen molar-refractivity contribution in [3.8, 4) is 0 Å². The summed E-state index contributed by atoms with van der Waals surface area (Å²) in [5, 5.41) is 11.0. The molecule has 0 aromatic heterocycles. The zero-order chi connectivity index (χ0) is 19.7. The molecule has 1 aliphatic rings. The maximum absolute atomic E-state index is 12.8. The number of ether oxygens (including phenoxy) is 1. The highest BCUT2D eigenvalue weighted by atomic mass is 16.6. The van der Waals surface area contributed by atoms with Gasteiger partial charge in [-0.3, -0.25) is 14.9 Å². The van der Waals surface area contributed by atoms with Crippen molar-refractivity contribution in [2.75, 3.05) is 10.6 Å². The first-order valence-electron chi connectivity index (χ1n) is 8.45. The average Bonchev–Trinajstić information content (AvgIpc) is 2.96. The van der Waals surface area contributed by atoms with Gasteiger partial charge in [-0.05, 0) is 44.0 Å². The normalized spacial score (nSPS) is 16.5. The van der Waals surface area contributed by atoms with E-state index in [4.69, 9.17) is 10.5 Å². The van der Waals surface area contributed by atoms with Crippen molar-refractivity contribution in [2.45, 2.75) is 32.4 Å². The van der Waals surface area contributed by atoms with E-state index in [0.29, 0.717) is 0 Å². The maximum atomic E-state index is 12.8. The fraction of sp³-hybridized carbons (Fsp3) is 0.263. The second kappa shape index (κ2) is 7.06. The lowest BCUT2D eigenvalue weighted by molar-refractivity contribution is -0.383. The van der Waals surface area contributed by atoms with Gasteiger partial charge in [0, 0.05) is 17.8 Å². The van der Waals surface area contributed by atoms with Gasteiger partial charge in [-0.2, -0.15) is 0 Å². The average molecular weight is 369 g/mol. The van der Waals surface area contributed by atoms with Crippen LogP contribution in [-0.2, 0) is 16.0 Å². The van der Waals surface area contributed by atoms with Gasteiger partial charge in [-0.1, -0.05) is 18.2 Å². The van der Waals surface area contributed by atoms with Gasteiger partial charge in [0.25, 0.3) is 11.6 Å². The van der Waals surface area contributed by atoms with E-state index in [2.05, 4.69) is 0 Å². The minimum absolute atomic E-state index is 0.0366. The van der Waals surface area contributed by atoms with Crippen molar-refractivity contribution >= 4 is 28.9 Å². The SMILES string of the molecule is C[C@H](OC(=O)c1ccc(N)c([N+](=O)[O-])c1)C(=O)N1c2ccccc2C[C@@H]1C. The number of amides is 1. The van der Waals surface area contributed by atoms with Crippen molar-refractivity contribution < 1.29 is 19.2 Å². The highest BCUT2D eigenvalue weighted by Crippen LogP contribution is 2.32. The monoisotopic (exact) mass is 369 g/mol. The number of hydrogen-bond donors (Lipinski definition) is 1.